The van der Waals surface area contributed by atoms with Crippen molar-refractivity contribution in [1.29, 1.82) is 0 Å². The Bertz CT molecular complexity index is 3610. The predicted molar refractivity (Wildman–Crippen MR) is 332 cm³/mol. The van der Waals surface area contributed by atoms with Crippen LogP contribution in [-0.2, 0) is 27.3 Å². The summed E-state index contributed by atoms with van der Waals surface area (Å²) in [5.41, 5.74) is -0.0778. The van der Waals surface area contributed by atoms with Gasteiger partial charge in [0.05, 0.1) is 44.1 Å². The molecule has 2 saturated carbocycles. The van der Waals surface area contributed by atoms with Crippen LogP contribution in [0.2, 0.25) is 0 Å². The molecule has 26 nitrogen and oxygen atoms in total. The molecule has 0 bridgehead atoms. The van der Waals surface area contributed by atoms with Crippen molar-refractivity contribution in [3.8, 4) is 11.5 Å². The number of carbonyl (C=O) groups excluding carboxylic acids is 1. The van der Waals surface area contributed by atoms with Gasteiger partial charge in [0.2, 0.25) is 30.6 Å². The van der Waals surface area contributed by atoms with Crippen molar-refractivity contribution in [2.45, 2.75) is 89.1 Å². The van der Waals surface area contributed by atoms with Gasteiger partial charge in [-0.1, -0.05) is 37.9 Å². The lowest BCUT2D eigenvalue weighted by molar-refractivity contribution is -0.387. The minimum Gasteiger partial charge on any atom is -0.450 e. The maximum Gasteiger partial charge on any atom is 0.346 e. The molecule has 5 aromatic carbocycles. The highest BCUT2D eigenvalue weighted by Crippen LogP contribution is 2.72. The number of nitro groups is 4. The Morgan fingerprint density at radius 2 is 1.04 bits per heavy atom. The summed E-state index contributed by atoms with van der Waals surface area (Å²) in [6, 6.07) is 20.5. The number of rotatable bonds is 27. The van der Waals surface area contributed by atoms with E-state index in [1.165, 1.54) is 68.6 Å². The average molecular weight is 1440 g/mol. The van der Waals surface area contributed by atoms with Gasteiger partial charge in [0.25, 0.3) is 5.91 Å². The molecule has 3 N–H and O–H groups in total. The van der Waals surface area contributed by atoms with Gasteiger partial charge in [-0.2, -0.15) is 13.2 Å². The van der Waals surface area contributed by atoms with Crippen LogP contribution in [0.5, 0.6) is 11.5 Å². The molecule has 4 aliphatic rings. The molecule has 484 valence electrons. The number of hydrogen-bond acceptors (Lipinski definition) is 17. The van der Waals surface area contributed by atoms with Crippen molar-refractivity contribution in [2.24, 2.45) is 0 Å². The second-order valence-corrected chi connectivity index (χ2v) is 29.4. The first kappa shape index (κ1) is 67.5. The largest absolute Gasteiger partial charge is 0.450 e. The van der Waals surface area contributed by atoms with Crippen molar-refractivity contribution >= 4 is 83.2 Å². The number of nitrogens with zero attached hydrogens (tertiary/aromatic N) is 7. The summed E-state index contributed by atoms with van der Waals surface area (Å²) in [7, 11) is -7.95. The van der Waals surface area contributed by atoms with Crippen LogP contribution in [-0.4, -0.2) is 120 Å². The van der Waals surface area contributed by atoms with Crippen LogP contribution in [0.15, 0.2) is 97.1 Å². The first-order valence-electron chi connectivity index (χ1n) is 29.0. The lowest BCUT2D eigenvalue weighted by Crippen LogP contribution is -2.27. The summed E-state index contributed by atoms with van der Waals surface area (Å²) in [6.45, 7) is 7.62. The van der Waals surface area contributed by atoms with E-state index in [4.69, 9.17) is 27.5 Å². The fourth-order valence-electron chi connectivity index (χ4n) is 8.42. The van der Waals surface area contributed by atoms with Gasteiger partial charge in [-0.15, -0.1) is 0 Å². The predicted octanol–water partition coefficient (Wildman–Crippen LogP) is 14.0. The van der Waals surface area contributed by atoms with Gasteiger partial charge < -0.3 is 19.3 Å². The fraction of sp³-hybridized carbons (Fsp3) is 0.436. The van der Waals surface area contributed by atoms with Gasteiger partial charge in [-0.25, -0.2) is 19.5 Å². The van der Waals surface area contributed by atoms with Crippen LogP contribution in [0.25, 0.3) is 0 Å². The number of nitro benzene ring substituents is 4. The Morgan fingerprint density at radius 3 is 1.44 bits per heavy atom. The minimum absolute atomic E-state index is 0.0615. The molecule has 4 fully saturated rings. The van der Waals surface area contributed by atoms with Gasteiger partial charge >= 0.3 is 38.1 Å². The molecule has 0 aromatic heterocycles. The topological polar surface area (TPSA) is 331 Å². The zero-order valence-corrected chi connectivity index (χ0v) is 54.4. The number of nitrogens with one attached hydrogen (secondary N) is 2. The lowest BCUT2D eigenvalue weighted by atomic mass is 10.1. The molecule has 34 heteroatoms. The van der Waals surface area contributed by atoms with E-state index in [1.807, 2.05) is 0 Å². The van der Waals surface area contributed by atoms with E-state index in [9.17, 15) is 72.1 Å². The summed E-state index contributed by atoms with van der Waals surface area (Å²) < 4.78 is 128. The van der Waals surface area contributed by atoms with E-state index >= 15 is 0 Å². The molecule has 2 aliphatic carbocycles. The fourth-order valence-corrected chi connectivity index (χ4v) is 16.7. The molecule has 4 atom stereocenters. The maximum absolute atomic E-state index is 13.7. The van der Waals surface area contributed by atoms with Crippen LogP contribution in [0, 0.1) is 57.9 Å². The number of benzene rings is 5. The van der Waals surface area contributed by atoms with E-state index in [-0.39, 0.29) is 34.1 Å². The summed E-state index contributed by atoms with van der Waals surface area (Å²) in [5.74, 6) is -3.48. The Labute approximate surface area is 531 Å². The van der Waals surface area contributed by atoms with E-state index < -0.39 is 114 Å². The maximum atomic E-state index is 13.7. The molecular formula is C55H67Br2F3N9O17P3. The monoisotopic (exact) mass is 1440 g/mol. The lowest BCUT2D eigenvalue weighted by Gasteiger charge is -2.24. The minimum atomic E-state index is -3.34. The normalized spacial score (nSPS) is 16.7. The zero-order chi connectivity index (χ0) is 68.2. The third kappa shape index (κ3) is 20.3. The van der Waals surface area contributed by atoms with Crippen LogP contribution in [0.3, 0.4) is 0 Å². The first-order valence-corrected chi connectivity index (χ1v) is 34.6. The smallest absolute Gasteiger partial charge is 0.346 e. The van der Waals surface area contributed by atoms with Crippen molar-refractivity contribution < 1.29 is 78.9 Å². The van der Waals surface area contributed by atoms with Gasteiger partial charge in [0, 0.05) is 109 Å². The molecular weight excluding hydrogens is 1370 g/mol. The Kier molecular flexibility index (Phi) is 24.2. The zero-order valence-electron chi connectivity index (χ0n) is 51.5. The second-order valence-electron chi connectivity index (χ2n) is 20.6. The van der Waals surface area contributed by atoms with E-state index in [0.717, 1.165) is 88.3 Å². The summed E-state index contributed by atoms with van der Waals surface area (Å²) >= 11 is 6.45. The number of aliphatic hydroxyl groups is 1. The van der Waals surface area contributed by atoms with E-state index in [0.29, 0.717) is 50.9 Å². The van der Waals surface area contributed by atoms with Crippen molar-refractivity contribution in [2.75, 3.05) is 64.0 Å². The standard InChI is InChI=1S/C23H27N2O6P.C12H17Br2FN3O4P.C12H15FN3O4P.C8H8FNO3/c1-15(31-32(29,19-8-9-19)20-10-11-20)16-7-12-21(25(27)28)22(14-16)30-18-6-4-5-17(13-18)23(26)24(2)3;1-9(10-2-3-12(18(19)20)11(15)8-10)22-23(21,16-6-4-13)17-7-5-14;1-9(10-2-3-12(16(17)18)11(13)8-10)20-21(19,14-4-5-14)15-6-7-15;1-5(11)6-2-3-8(10(12)13)7(9)4-6/h4-7,12-15,19-20H,8-11H2,1-3H3;2-3,8-9H,4-7H2,1H3,(H2,16,17,21);2-3,8-9H,4-7H2,1H3;2-5,11H,1H3/t15-;2*9-;5-/m0000/s1/i2D3;;;. The summed E-state index contributed by atoms with van der Waals surface area (Å²) in [4.78, 5) is 53.3. The van der Waals surface area contributed by atoms with Crippen molar-refractivity contribution in [3.05, 3.63) is 183 Å². The highest BCUT2D eigenvalue weighted by atomic mass is 79.9. The molecule has 0 radical (unpaired) electrons. The number of ether oxygens (including phenoxy) is 1. The van der Waals surface area contributed by atoms with Gasteiger partial charge in [0.15, 0.2) is 0 Å². The highest BCUT2D eigenvalue weighted by Gasteiger charge is 2.53. The number of aliphatic hydroxyl groups excluding tert-OH is 1. The van der Waals surface area contributed by atoms with Gasteiger partial charge in [-0.05, 0) is 142 Å². The first-order chi connectivity index (χ1) is 43.2. The highest BCUT2D eigenvalue weighted by molar-refractivity contribution is 9.09. The van der Waals surface area contributed by atoms with E-state index in [2.05, 4.69) is 42.0 Å². The Hall–Kier alpha value is -5.91. The third-order valence-electron chi connectivity index (χ3n) is 13.6. The van der Waals surface area contributed by atoms with Crippen molar-refractivity contribution in [3.63, 3.8) is 0 Å². The summed E-state index contributed by atoms with van der Waals surface area (Å²) in [6.07, 6.45) is 0.917. The average Bonchev–Trinajstić information content (AvgIpc) is 1.65. The molecule has 1 amide bonds. The second kappa shape index (κ2) is 31.9. The number of alkyl halides is 2. The Morgan fingerprint density at radius 1 is 0.640 bits per heavy atom. The molecule has 2 saturated heterocycles. The number of halogens is 5. The quantitative estimate of drug-likeness (QED) is 0.0145. The number of carbonyl (C=O) groups is 1. The van der Waals surface area contributed by atoms with Crippen LogP contribution in [0.4, 0.5) is 35.9 Å². The number of hydrogen-bond donors (Lipinski definition) is 3. The van der Waals surface area contributed by atoms with Crippen LogP contribution >= 0.6 is 54.6 Å². The summed E-state index contributed by atoms with van der Waals surface area (Å²) in [5, 5.41) is 58.8. The molecule has 5 aromatic rings. The number of amides is 1. The molecule has 89 heavy (non-hydrogen) atoms. The van der Waals surface area contributed by atoms with Gasteiger partial charge in [-0.3, -0.25) is 68.0 Å². The molecule has 2 heterocycles. The SMILES string of the molecule is C[C@H](O)c1ccc([N+](=O)[O-])c(F)c1.C[C@H](OP(=O)(N1CC1)N1CC1)c1ccc([N+](=O)[O-])c(F)c1.C[C@H](OP(=O)(NCCBr)NCCBr)c1ccc([N+](=O)[O-])c(F)c1.[2H]C([2H])([2H])N(C)C(=O)c1cccc(Oc2cc([C@H](C)OP(=O)(C3CC3)C3CC3)ccc2[N+](=O)[O-])c1. The van der Waals surface area contributed by atoms with E-state index in [1.54, 1.807) is 36.2 Å². The molecule has 2 aliphatic heterocycles. The van der Waals surface area contributed by atoms with Crippen LogP contribution < -0.4 is 14.9 Å². The Balaban J connectivity index is 0.000000206. The molecule has 0 spiro atoms. The van der Waals surface area contributed by atoms with Crippen LogP contribution in [0.1, 0.15) is 115 Å². The van der Waals surface area contributed by atoms with Gasteiger partial charge in [0.1, 0.15) is 5.75 Å². The van der Waals surface area contributed by atoms with Crippen molar-refractivity contribution in [1.82, 2.24) is 24.4 Å². The third-order valence-corrected chi connectivity index (χ3v) is 22.8. The molecule has 9 rings (SSSR count). The molecule has 0 unspecified atom stereocenters.